The predicted octanol–water partition coefficient (Wildman–Crippen LogP) is 4.18. The molecule has 2 aromatic carbocycles. The van der Waals surface area contributed by atoms with Crippen molar-refractivity contribution < 1.29 is 4.39 Å². The molecule has 3 N–H and O–H groups in total. The van der Waals surface area contributed by atoms with Crippen LogP contribution >= 0.6 is 11.6 Å². The average Bonchev–Trinajstić information content (AvgIpc) is 2.48. The highest BCUT2D eigenvalue weighted by atomic mass is 35.5. The van der Waals surface area contributed by atoms with Gasteiger partial charge in [0.2, 0.25) is 0 Å². The third kappa shape index (κ3) is 3.18. The normalized spacial score (nSPS) is 14.0. The van der Waals surface area contributed by atoms with Gasteiger partial charge in [-0.1, -0.05) is 48.9 Å². The first-order chi connectivity index (χ1) is 9.67. The molecule has 0 aliphatic carbocycles. The molecule has 106 valence electrons. The van der Waals surface area contributed by atoms with Crippen LogP contribution in [0.25, 0.3) is 0 Å². The first kappa shape index (κ1) is 15.0. The van der Waals surface area contributed by atoms with Crippen LogP contribution in [0.15, 0.2) is 48.5 Å². The van der Waals surface area contributed by atoms with Gasteiger partial charge < -0.3 is 0 Å². The summed E-state index contributed by atoms with van der Waals surface area (Å²) >= 11 is 6.20. The van der Waals surface area contributed by atoms with Crippen molar-refractivity contribution in [3.8, 4) is 0 Å². The lowest BCUT2D eigenvalue weighted by Gasteiger charge is -2.27. The highest BCUT2D eigenvalue weighted by molar-refractivity contribution is 6.31. The van der Waals surface area contributed by atoms with Crippen LogP contribution < -0.4 is 11.3 Å². The van der Waals surface area contributed by atoms with Gasteiger partial charge in [-0.2, -0.15) is 0 Å². The molecule has 0 aliphatic rings. The highest BCUT2D eigenvalue weighted by Gasteiger charge is 2.24. The largest absolute Gasteiger partial charge is 0.271 e. The molecule has 2 unspecified atom stereocenters. The third-order valence-corrected chi connectivity index (χ3v) is 3.89. The lowest BCUT2D eigenvalue weighted by atomic mass is 9.85. The molecule has 2 nitrogen and oxygen atoms in total. The molecule has 2 rings (SSSR count). The minimum absolute atomic E-state index is 0.125. The molecule has 0 amide bonds. The van der Waals surface area contributed by atoms with Crippen molar-refractivity contribution in [3.05, 3.63) is 70.5 Å². The molecular formula is C16H18ClFN2. The Bertz CT molecular complexity index is 560. The molecule has 0 fully saturated rings. The second kappa shape index (κ2) is 6.84. The van der Waals surface area contributed by atoms with Crippen LogP contribution in [-0.2, 0) is 0 Å². The van der Waals surface area contributed by atoms with Crippen LogP contribution in [0.1, 0.15) is 36.4 Å². The Morgan fingerprint density at radius 2 is 1.90 bits per heavy atom. The Balaban J connectivity index is 2.42. The summed E-state index contributed by atoms with van der Waals surface area (Å²) < 4.78 is 13.5. The zero-order valence-corrected chi connectivity index (χ0v) is 12.1. The second-order valence-electron chi connectivity index (χ2n) is 4.74. The van der Waals surface area contributed by atoms with Crippen molar-refractivity contribution in [1.82, 2.24) is 5.43 Å². The molecule has 0 saturated carbocycles. The van der Waals surface area contributed by atoms with Gasteiger partial charge >= 0.3 is 0 Å². The van der Waals surface area contributed by atoms with Crippen molar-refractivity contribution in [2.45, 2.75) is 25.3 Å². The van der Waals surface area contributed by atoms with Gasteiger partial charge in [-0.25, -0.2) is 4.39 Å². The standard InChI is InChI=1S/C16H18ClFN2/c1-2-13(11-6-4-3-5-7-11)16(20-19)14-10-12(18)8-9-15(14)17/h3-10,13,16,20H,2,19H2,1H3. The predicted molar refractivity (Wildman–Crippen MR) is 80.9 cm³/mol. The van der Waals surface area contributed by atoms with Gasteiger partial charge in [0.25, 0.3) is 0 Å². The van der Waals surface area contributed by atoms with E-state index in [2.05, 4.69) is 12.3 Å². The monoisotopic (exact) mass is 292 g/mol. The summed E-state index contributed by atoms with van der Waals surface area (Å²) in [6.45, 7) is 2.08. The van der Waals surface area contributed by atoms with E-state index in [0.717, 1.165) is 12.0 Å². The fourth-order valence-electron chi connectivity index (χ4n) is 2.54. The topological polar surface area (TPSA) is 38.0 Å². The number of benzene rings is 2. The van der Waals surface area contributed by atoms with Crippen molar-refractivity contribution >= 4 is 11.6 Å². The zero-order chi connectivity index (χ0) is 14.5. The number of hydrogen-bond donors (Lipinski definition) is 2. The van der Waals surface area contributed by atoms with E-state index in [1.54, 1.807) is 6.07 Å². The van der Waals surface area contributed by atoms with E-state index < -0.39 is 0 Å². The highest BCUT2D eigenvalue weighted by Crippen LogP contribution is 2.36. The van der Waals surface area contributed by atoms with E-state index in [-0.39, 0.29) is 17.8 Å². The maximum absolute atomic E-state index is 13.5. The van der Waals surface area contributed by atoms with Crippen LogP contribution in [0.5, 0.6) is 0 Å². The molecular weight excluding hydrogens is 275 g/mol. The van der Waals surface area contributed by atoms with Crippen molar-refractivity contribution in [3.63, 3.8) is 0 Å². The molecule has 0 spiro atoms. The molecule has 2 atom stereocenters. The minimum atomic E-state index is -0.312. The van der Waals surface area contributed by atoms with E-state index >= 15 is 0 Å². The van der Waals surface area contributed by atoms with Crippen molar-refractivity contribution in [2.75, 3.05) is 0 Å². The molecule has 0 bridgehead atoms. The number of rotatable bonds is 5. The molecule has 20 heavy (non-hydrogen) atoms. The van der Waals surface area contributed by atoms with Gasteiger partial charge in [0.1, 0.15) is 5.82 Å². The van der Waals surface area contributed by atoms with Gasteiger partial charge in [-0.05, 0) is 35.7 Å². The first-order valence-corrected chi connectivity index (χ1v) is 7.01. The number of halogens is 2. The smallest absolute Gasteiger partial charge is 0.123 e. The lowest BCUT2D eigenvalue weighted by Crippen LogP contribution is -2.32. The molecule has 0 aliphatic heterocycles. The number of hydrogen-bond acceptors (Lipinski definition) is 2. The van der Waals surface area contributed by atoms with E-state index in [4.69, 9.17) is 17.4 Å². The van der Waals surface area contributed by atoms with E-state index in [0.29, 0.717) is 10.6 Å². The van der Waals surface area contributed by atoms with Crippen LogP contribution in [0.3, 0.4) is 0 Å². The SMILES string of the molecule is CCC(c1ccccc1)C(NN)c1cc(F)ccc1Cl. The maximum atomic E-state index is 13.5. The Morgan fingerprint density at radius 1 is 1.20 bits per heavy atom. The molecule has 2 aromatic rings. The number of hydrazine groups is 1. The summed E-state index contributed by atoms with van der Waals surface area (Å²) in [6.07, 6.45) is 0.867. The van der Waals surface area contributed by atoms with Crippen molar-refractivity contribution in [2.24, 2.45) is 5.84 Å². The fraction of sp³-hybridized carbons (Fsp3) is 0.250. The van der Waals surface area contributed by atoms with Gasteiger partial charge in [0.15, 0.2) is 0 Å². The fourth-order valence-corrected chi connectivity index (χ4v) is 2.77. The summed E-state index contributed by atoms with van der Waals surface area (Å²) in [5, 5.41) is 0.517. The summed E-state index contributed by atoms with van der Waals surface area (Å²) in [6, 6.07) is 14.2. The molecule has 4 heteroatoms. The lowest BCUT2D eigenvalue weighted by molar-refractivity contribution is 0.443. The van der Waals surface area contributed by atoms with Gasteiger partial charge in [0.05, 0.1) is 6.04 Å². The third-order valence-electron chi connectivity index (χ3n) is 3.54. The van der Waals surface area contributed by atoms with Crippen LogP contribution in [0, 0.1) is 5.82 Å². The summed E-state index contributed by atoms with van der Waals surface area (Å²) in [7, 11) is 0. The van der Waals surface area contributed by atoms with E-state index in [1.807, 2.05) is 30.3 Å². The second-order valence-corrected chi connectivity index (χ2v) is 5.14. The van der Waals surface area contributed by atoms with Crippen LogP contribution in [0.2, 0.25) is 5.02 Å². The number of nitrogens with two attached hydrogens (primary N) is 1. The van der Waals surface area contributed by atoms with Crippen LogP contribution in [-0.4, -0.2) is 0 Å². The Kier molecular flexibility index (Phi) is 5.12. The minimum Gasteiger partial charge on any atom is -0.271 e. The molecule has 0 heterocycles. The first-order valence-electron chi connectivity index (χ1n) is 6.63. The molecule has 0 radical (unpaired) electrons. The molecule has 0 aromatic heterocycles. The Morgan fingerprint density at radius 3 is 2.50 bits per heavy atom. The quantitative estimate of drug-likeness (QED) is 0.641. The zero-order valence-electron chi connectivity index (χ0n) is 11.3. The van der Waals surface area contributed by atoms with E-state index in [9.17, 15) is 4.39 Å². The van der Waals surface area contributed by atoms with Gasteiger partial charge in [0, 0.05) is 10.9 Å². The average molecular weight is 293 g/mol. The summed E-state index contributed by atoms with van der Waals surface area (Å²) in [4.78, 5) is 0. The maximum Gasteiger partial charge on any atom is 0.123 e. The number of nitrogens with one attached hydrogen (secondary N) is 1. The molecule has 0 saturated heterocycles. The Labute approximate surface area is 123 Å². The van der Waals surface area contributed by atoms with E-state index in [1.165, 1.54) is 12.1 Å². The summed E-state index contributed by atoms with van der Waals surface area (Å²) in [5.74, 6) is 5.52. The van der Waals surface area contributed by atoms with Crippen LogP contribution in [0.4, 0.5) is 4.39 Å². The van der Waals surface area contributed by atoms with Gasteiger partial charge in [-0.15, -0.1) is 0 Å². The van der Waals surface area contributed by atoms with Crippen molar-refractivity contribution in [1.29, 1.82) is 0 Å². The Hall–Kier alpha value is -1.42. The summed E-state index contributed by atoms with van der Waals surface area (Å²) in [5.41, 5.74) is 4.62. The van der Waals surface area contributed by atoms with Gasteiger partial charge in [-0.3, -0.25) is 11.3 Å².